The second kappa shape index (κ2) is 4.95. The SMILES string of the molecule is COC(=O)c1cc([N+](=O)[O-])cc(N=[N+]=[N-])c1C. The summed E-state index contributed by atoms with van der Waals surface area (Å²) in [4.78, 5) is 23.9. The molecular weight excluding hydrogens is 228 g/mol. The minimum absolute atomic E-state index is 0.00380. The first kappa shape index (κ1) is 12.5. The van der Waals surface area contributed by atoms with Crippen LogP contribution in [0, 0.1) is 17.0 Å². The summed E-state index contributed by atoms with van der Waals surface area (Å²) in [6, 6.07) is 2.18. The number of benzene rings is 1. The van der Waals surface area contributed by atoms with Crippen LogP contribution in [0.25, 0.3) is 10.4 Å². The molecule has 0 saturated heterocycles. The minimum Gasteiger partial charge on any atom is -0.465 e. The Balaban J connectivity index is 3.53. The van der Waals surface area contributed by atoms with E-state index >= 15 is 0 Å². The predicted octanol–water partition coefficient (Wildman–Crippen LogP) is 2.63. The lowest BCUT2D eigenvalue weighted by Crippen LogP contribution is -2.05. The number of rotatable bonds is 3. The molecule has 0 bridgehead atoms. The van der Waals surface area contributed by atoms with Gasteiger partial charge in [-0.2, -0.15) is 0 Å². The fraction of sp³-hybridized carbons (Fsp3) is 0.222. The number of methoxy groups -OCH3 is 1. The van der Waals surface area contributed by atoms with Gasteiger partial charge in [0.25, 0.3) is 5.69 Å². The van der Waals surface area contributed by atoms with Gasteiger partial charge in [0.2, 0.25) is 0 Å². The molecule has 1 rings (SSSR count). The van der Waals surface area contributed by atoms with E-state index in [1.165, 1.54) is 6.92 Å². The molecule has 0 aliphatic rings. The smallest absolute Gasteiger partial charge is 0.338 e. The van der Waals surface area contributed by atoms with Crippen molar-refractivity contribution in [2.24, 2.45) is 5.11 Å². The topological polar surface area (TPSA) is 118 Å². The number of nitrogens with zero attached hydrogens (tertiary/aromatic N) is 4. The van der Waals surface area contributed by atoms with Crippen LogP contribution in [0.1, 0.15) is 15.9 Å². The Labute approximate surface area is 95.6 Å². The van der Waals surface area contributed by atoms with Crippen molar-refractivity contribution >= 4 is 17.3 Å². The fourth-order valence-electron chi connectivity index (χ4n) is 1.26. The van der Waals surface area contributed by atoms with Crippen LogP contribution in [0.15, 0.2) is 17.2 Å². The number of esters is 1. The van der Waals surface area contributed by atoms with Gasteiger partial charge in [0, 0.05) is 22.7 Å². The third-order valence-electron chi connectivity index (χ3n) is 2.13. The first-order valence-corrected chi connectivity index (χ1v) is 4.43. The van der Waals surface area contributed by atoms with Gasteiger partial charge in [-0.1, -0.05) is 5.11 Å². The number of ether oxygens (including phenoxy) is 1. The van der Waals surface area contributed by atoms with Crippen molar-refractivity contribution in [1.82, 2.24) is 0 Å². The second-order valence-electron chi connectivity index (χ2n) is 3.08. The van der Waals surface area contributed by atoms with E-state index in [-0.39, 0.29) is 16.9 Å². The lowest BCUT2D eigenvalue weighted by molar-refractivity contribution is -0.384. The largest absolute Gasteiger partial charge is 0.465 e. The van der Waals surface area contributed by atoms with Gasteiger partial charge < -0.3 is 4.74 Å². The van der Waals surface area contributed by atoms with Crippen molar-refractivity contribution < 1.29 is 14.5 Å². The molecule has 0 radical (unpaired) electrons. The van der Waals surface area contributed by atoms with Crippen LogP contribution in [-0.2, 0) is 4.74 Å². The highest BCUT2D eigenvalue weighted by Crippen LogP contribution is 2.29. The molecule has 0 spiro atoms. The predicted molar refractivity (Wildman–Crippen MR) is 58.0 cm³/mol. The van der Waals surface area contributed by atoms with Gasteiger partial charge in [-0.25, -0.2) is 4.79 Å². The van der Waals surface area contributed by atoms with E-state index < -0.39 is 10.9 Å². The maximum absolute atomic E-state index is 11.4. The fourth-order valence-corrected chi connectivity index (χ4v) is 1.26. The van der Waals surface area contributed by atoms with Crippen LogP contribution in [0.3, 0.4) is 0 Å². The summed E-state index contributed by atoms with van der Waals surface area (Å²) in [6.45, 7) is 1.51. The van der Waals surface area contributed by atoms with E-state index in [0.29, 0.717) is 5.56 Å². The number of nitro benzene ring substituents is 1. The number of azide groups is 1. The Morgan fingerprint density at radius 1 is 1.59 bits per heavy atom. The number of hydrogen-bond donors (Lipinski definition) is 0. The van der Waals surface area contributed by atoms with Crippen LogP contribution < -0.4 is 0 Å². The highest BCUT2D eigenvalue weighted by Gasteiger charge is 2.18. The Morgan fingerprint density at radius 3 is 2.71 bits per heavy atom. The lowest BCUT2D eigenvalue weighted by atomic mass is 10.1. The van der Waals surface area contributed by atoms with E-state index in [1.807, 2.05) is 0 Å². The van der Waals surface area contributed by atoms with Gasteiger partial charge in [0.05, 0.1) is 17.6 Å². The first-order valence-electron chi connectivity index (χ1n) is 4.43. The summed E-state index contributed by atoms with van der Waals surface area (Å²) in [7, 11) is 1.16. The highest BCUT2D eigenvalue weighted by molar-refractivity contribution is 5.93. The molecule has 88 valence electrons. The molecule has 1 aromatic rings. The average molecular weight is 236 g/mol. The Kier molecular flexibility index (Phi) is 3.63. The number of carbonyl (C=O) groups is 1. The van der Waals surface area contributed by atoms with Crippen LogP contribution >= 0.6 is 0 Å². The standard InChI is InChI=1S/C9H8N4O4/c1-5-7(9(14)17-2)3-6(13(15)16)4-8(5)11-12-10/h3-4H,1-2H3. The first-order chi connectivity index (χ1) is 8.01. The minimum atomic E-state index is -0.722. The maximum atomic E-state index is 11.4. The Hall–Kier alpha value is -2.60. The summed E-state index contributed by atoms with van der Waals surface area (Å²) < 4.78 is 4.49. The second-order valence-corrected chi connectivity index (χ2v) is 3.08. The molecule has 8 nitrogen and oxygen atoms in total. The van der Waals surface area contributed by atoms with E-state index in [9.17, 15) is 14.9 Å². The van der Waals surface area contributed by atoms with Gasteiger partial charge in [0.15, 0.2) is 0 Å². The van der Waals surface area contributed by atoms with Crippen molar-refractivity contribution in [1.29, 1.82) is 0 Å². The third-order valence-corrected chi connectivity index (χ3v) is 2.13. The molecule has 0 saturated carbocycles. The third kappa shape index (κ3) is 2.50. The summed E-state index contributed by atoms with van der Waals surface area (Å²) in [5.41, 5.74) is 8.36. The van der Waals surface area contributed by atoms with E-state index in [4.69, 9.17) is 5.53 Å². The van der Waals surface area contributed by atoms with Crippen molar-refractivity contribution in [3.05, 3.63) is 43.8 Å². The zero-order chi connectivity index (χ0) is 13.0. The molecule has 0 fully saturated rings. The summed E-state index contributed by atoms with van der Waals surface area (Å²) in [6.07, 6.45) is 0. The van der Waals surface area contributed by atoms with Crippen molar-refractivity contribution in [3.63, 3.8) is 0 Å². The van der Waals surface area contributed by atoms with Crippen LogP contribution in [0.5, 0.6) is 0 Å². The quantitative estimate of drug-likeness (QED) is 0.200. The van der Waals surface area contributed by atoms with E-state index in [1.54, 1.807) is 0 Å². The molecule has 0 aromatic heterocycles. The Bertz CT molecular complexity index is 534. The number of carbonyl (C=O) groups excluding carboxylic acids is 1. The summed E-state index contributed by atoms with van der Waals surface area (Å²) >= 11 is 0. The summed E-state index contributed by atoms with van der Waals surface area (Å²) in [5, 5.41) is 13.9. The zero-order valence-electron chi connectivity index (χ0n) is 9.08. The van der Waals surface area contributed by atoms with Crippen molar-refractivity contribution in [3.8, 4) is 0 Å². The van der Waals surface area contributed by atoms with E-state index in [0.717, 1.165) is 19.2 Å². The molecule has 1 aromatic carbocycles. The highest BCUT2D eigenvalue weighted by atomic mass is 16.6. The monoisotopic (exact) mass is 236 g/mol. The molecular formula is C9H8N4O4. The average Bonchev–Trinajstić information content (AvgIpc) is 2.30. The maximum Gasteiger partial charge on any atom is 0.338 e. The van der Waals surface area contributed by atoms with Gasteiger partial charge in [0.1, 0.15) is 0 Å². The van der Waals surface area contributed by atoms with Gasteiger partial charge in [-0.05, 0) is 18.0 Å². The molecule has 0 heterocycles. The molecule has 17 heavy (non-hydrogen) atoms. The van der Waals surface area contributed by atoms with Gasteiger partial charge in [-0.15, -0.1) is 0 Å². The molecule has 0 amide bonds. The van der Waals surface area contributed by atoms with Crippen LogP contribution in [0.2, 0.25) is 0 Å². The Morgan fingerprint density at radius 2 is 2.24 bits per heavy atom. The van der Waals surface area contributed by atoms with Gasteiger partial charge >= 0.3 is 5.97 Å². The lowest BCUT2D eigenvalue weighted by Gasteiger charge is -2.06. The number of nitro groups is 1. The van der Waals surface area contributed by atoms with Crippen molar-refractivity contribution in [2.75, 3.05) is 7.11 Å². The molecule has 8 heteroatoms. The molecule has 0 aliphatic heterocycles. The normalized spacial score (nSPS) is 9.29. The van der Waals surface area contributed by atoms with E-state index in [2.05, 4.69) is 14.8 Å². The van der Waals surface area contributed by atoms with Crippen molar-refractivity contribution in [2.45, 2.75) is 6.92 Å². The van der Waals surface area contributed by atoms with Crippen LogP contribution in [-0.4, -0.2) is 18.0 Å². The number of hydrogen-bond acceptors (Lipinski definition) is 5. The molecule has 0 aliphatic carbocycles. The number of non-ortho nitro benzene ring substituents is 1. The summed E-state index contributed by atoms with van der Waals surface area (Å²) in [5.74, 6) is -0.722. The molecule has 0 atom stereocenters. The zero-order valence-corrected chi connectivity index (χ0v) is 9.08. The molecule has 0 N–H and O–H groups in total. The molecule has 0 unspecified atom stereocenters. The van der Waals surface area contributed by atoms with Gasteiger partial charge in [-0.3, -0.25) is 10.1 Å². The van der Waals surface area contributed by atoms with Crippen LogP contribution in [0.4, 0.5) is 11.4 Å².